The third-order valence-corrected chi connectivity index (χ3v) is 12.7. The van der Waals surface area contributed by atoms with Crippen LogP contribution in [0.1, 0.15) is 277 Å². The van der Waals surface area contributed by atoms with Gasteiger partial charge in [-0.15, -0.1) is 0 Å². The summed E-state index contributed by atoms with van der Waals surface area (Å²) in [5.41, 5.74) is 5.37. The van der Waals surface area contributed by atoms with Gasteiger partial charge >= 0.3 is 19.8 Å². The Morgan fingerprint density at radius 3 is 1.02 bits per heavy atom. The summed E-state index contributed by atoms with van der Waals surface area (Å²) in [4.78, 5) is 35.0. The smallest absolute Gasteiger partial charge is 0.462 e. The van der Waals surface area contributed by atoms with Crippen molar-refractivity contribution in [2.24, 2.45) is 5.73 Å². The number of ether oxygens (including phenoxy) is 2. The fraction of sp³-hybridized carbons (Fsp3) is 0.960. The molecule has 10 heteroatoms. The van der Waals surface area contributed by atoms with Gasteiger partial charge in [0.15, 0.2) is 6.10 Å². The molecule has 0 aliphatic carbocycles. The van der Waals surface area contributed by atoms with Crippen molar-refractivity contribution in [3.05, 3.63) is 0 Å². The number of esters is 2. The monoisotopic (exact) mass is 874 g/mol. The van der Waals surface area contributed by atoms with Crippen molar-refractivity contribution in [3.63, 3.8) is 0 Å². The molecule has 9 nitrogen and oxygen atoms in total. The van der Waals surface area contributed by atoms with Crippen molar-refractivity contribution >= 4 is 19.8 Å². The average Bonchev–Trinajstić information content (AvgIpc) is 3.24. The van der Waals surface area contributed by atoms with E-state index in [-0.39, 0.29) is 38.6 Å². The van der Waals surface area contributed by atoms with Crippen LogP contribution in [0.3, 0.4) is 0 Å². The van der Waals surface area contributed by atoms with Crippen molar-refractivity contribution in [3.8, 4) is 0 Å². The molecule has 0 aliphatic rings. The highest BCUT2D eigenvalue weighted by Gasteiger charge is 2.26. The summed E-state index contributed by atoms with van der Waals surface area (Å²) in [6.07, 6.45) is 50.0. The molecule has 0 rings (SSSR count). The van der Waals surface area contributed by atoms with Gasteiger partial charge in [0.05, 0.1) is 13.2 Å². The second-order valence-corrected chi connectivity index (χ2v) is 19.2. The molecule has 0 aromatic heterocycles. The van der Waals surface area contributed by atoms with Gasteiger partial charge in [0.25, 0.3) is 0 Å². The van der Waals surface area contributed by atoms with Gasteiger partial charge < -0.3 is 20.1 Å². The standard InChI is InChI=1S/C50H100NO8P/c1-3-5-7-9-11-13-15-17-19-21-22-23-24-25-27-28-30-32-34-36-38-40-42-49(52)56-46-48(47-58-60(54,55)57-45-44-51)59-50(53)43-41-39-37-35-33-31-29-26-20-18-16-14-12-10-8-6-4-2/h48H,3-47,51H2,1-2H3,(H,54,55). The Morgan fingerprint density at radius 2 is 0.717 bits per heavy atom. The number of carbonyl (C=O) groups is 2. The first-order valence-corrected chi connectivity index (χ1v) is 27.5. The number of unbranched alkanes of at least 4 members (excludes halogenated alkanes) is 37. The highest BCUT2D eigenvalue weighted by atomic mass is 31.2. The van der Waals surface area contributed by atoms with Crippen molar-refractivity contribution in [1.29, 1.82) is 0 Å². The lowest BCUT2D eigenvalue weighted by molar-refractivity contribution is -0.161. The van der Waals surface area contributed by atoms with Crippen LogP contribution in [-0.2, 0) is 32.7 Å². The summed E-state index contributed by atoms with van der Waals surface area (Å²) >= 11 is 0. The number of rotatable bonds is 50. The molecule has 358 valence electrons. The topological polar surface area (TPSA) is 134 Å². The number of phosphoric acid groups is 1. The lowest BCUT2D eigenvalue weighted by Gasteiger charge is -2.19. The number of hydrogen-bond donors (Lipinski definition) is 2. The van der Waals surface area contributed by atoms with Gasteiger partial charge in [-0.1, -0.05) is 251 Å². The fourth-order valence-corrected chi connectivity index (χ4v) is 8.64. The minimum Gasteiger partial charge on any atom is -0.462 e. The van der Waals surface area contributed by atoms with Gasteiger partial charge in [-0.05, 0) is 12.8 Å². The van der Waals surface area contributed by atoms with E-state index in [4.69, 9.17) is 24.3 Å². The summed E-state index contributed by atoms with van der Waals surface area (Å²) in [6.45, 7) is 3.81. The molecule has 0 saturated heterocycles. The third kappa shape index (κ3) is 46.5. The van der Waals surface area contributed by atoms with Crippen molar-refractivity contribution in [2.45, 2.75) is 283 Å². The third-order valence-electron chi connectivity index (χ3n) is 11.7. The average molecular weight is 874 g/mol. The van der Waals surface area contributed by atoms with Crippen LogP contribution in [0.4, 0.5) is 0 Å². The molecule has 3 N–H and O–H groups in total. The molecule has 0 saturated carbocycles. The van der Waals surface area contributed by atoms with Crippen LogP contribution >= 0.6 is 7.82 Å². The van der Waals surface area contributed by atoms with E-state index >= 15 is 0 Å². The maximum absolute atomic E-state index is 12.6. The number of carbonyl (C=O) groups excluding carboxylic acids is 2. The van der Waals surface area contributed by atoms with Gasteiger partial charge in [-0.2, -0.15) is 0 Å². The second-order valence-electron chi connectivity index (χ2n) is 17.8. The van der Waals surface area contributed by atoms with Gasteiger partial charge in [0, 0.05) is 19.4 Å². The first-order chi connectivity index (χ1) is 29.3. The van der Waals surface area contributed by atoms with Crippen LogP contribution < -0.4 is 5.73 Å². The Hall–Kier alpha value is -0.990. The van der Waals surface area contributed by atoms with Crippen LogP contribution in [0.15, 0.2) is 0 Å². The van der Waals surface area contributed by atoms with E-state index in [1.54, 1.807) is 0 Å². The van der Waals surface area contributed by atoms with E-state index in [0.29, 0.717) is 6.42 Å². The van der Waals surface area contributed by atoms with E-state index in [9.17, 15) is 19.0 Å². The predicted molar refractivity (Wildman–Crippen MR) is 252 cm³/mol. The van der Waals surface area contributed by atoms with Crippen LogP contribution in [-0.4, -0.2) is 49.3 Å². The molecule has 0 amide bonds. The largest absolute Gasteiger partial charge is 0.472 e. The second kappa shape index (κ2) is 47.5. The Kier molecular flexibility index (Phi) is 46.7. The minimum absolute atomic E-state index is 0.0584. The molecule has 0 fully saturated rings. The van der Waals surface area contributed by atoms with Crippen molar-refractivity contribution in [1.82, 2.24) is 0 Å². The first kappa shape index (κ1) is 59.0. The quantitative estimate of drug-likeness (QED) is 0.0348. The zero-order chi connectivity index (χ0) is 43.9. The van der Waals surface area contributed by atoms with Gasteiger partial charge in [-0.3, -0.25) is 18.6 Å². The zero-order valence-corrected chi connectivity index (χ0v) is 40.6. The summed E-state index contributed by atoms with van der Waals surface area (Å²) in [6, 6.07) is 0. The molecule has 0 spiro atoms. The Morgan fingerprint density at radius 1 is 0.433 bits per heavy atom. The van der Waals surface area contributed by atoms with Crippen LogP contribution in [0.25, 0.3) is 0 Å². The molecule has 0 aliphatic heterocycles. The van der Waals surface area contributed by atoms with E-state index < -0.39 is 26.5 Å². The fourth-order valence-electron chi connectivity index (χ4n) is 7.87. The van der Waals surface area contributed by atoms with E-state index in [1.165, 1.54) is 212 Å². The first-order valence-electron chi connectivity index (χ1n) is 26.0. The lowest BCUT2D eigenvalue weighted by Crippen LogP contribution is -2.29. The Bertz CT molecular complexity index is 953. The molecule has 0 bridgehead atoms. The van der Waals surface area contributed by atoms with Crippen LogP contribution in [0.5, 0.6) is 0 Å². The maximum Gasteiger partial charge on any atom is 0.472 e. The number of phosphoric ester groups is 1. The lowest BCUT2D eigenvalue weighted by atomic mass is 10.0. The molecule has 0 aromatic carbocycles. The Balaban J connectivity index is 3.96. The summed E-state index contributed by atoms with van der Waals surface area (Å²) < 4.78 is 32.9. The highest BCUT2D eigenvalue weighted by Crippen LogP contribution is 2.43. The molecule has 0 heterocycles. The summed E-state index contributed by atoms with van der Waals surface area (Å²) in [5.74, 6) is -0.806. The Labute approximate surface area is 371 Å². The molecule has 2 atom stereocenters. The predicted octanol–water partition coefficient (Wildman–Crippen LogP) is 15.6. The van der Waals surface area contributed by atoms with Crippen LogP contribution in [0.2, 0.25) is 0 Å². The minimum atomic E-state index is -4.37. The molecule has 60 heavy (non-hydrogen) atoms. The van der Waals surface area contributed by atoms with E-state index in [0.717, 1.165) is 32.1 Å². The SMILES string of the molecule is CCCCCCCCCCCCCCCCCCCCCCCCC(=O)OCC(COP(=O)(O)OCCN)OC(=O)CCCCCCCCCCCCCCCCCCC. The summed E-state index contributed by atoms with van der Waals surface area (Å²) in [7, 11) is -4.37. The van der Waals surface area contributed by atoms with Gasteiger partial charge in [0.2, 0.25) is 0 Å². The van der Waals surface area contributed by atoms with Gasteiger partial charge in [0.1, 0.15) is 6.61 Å². The molecule has 0 radical (unpaired) electrons. The van der Waals surface area contributed by atoms with Crippen molar-refractivity contribution in [2.75, 3.05) is 26.4 Å². The molecule has 0 aromatic rings. The zero-order valence-electron chi connectivity index (χ0n) is 39.7. The molecular weight excluding hydrogens is 774 g/mol. The molecule has 2 unspecified atom stereocenters. The van der Waals surface area contributed by atoms with Gasteiger partial charge in [-0.25, -0.2) is 4.57 Å². The van der Waals surface area contributed by atoms with E-state index in [1.807, 2.05) is 0 Å². The number of nitrogens with two attached hydrogens (primary N) is 1. The van der Waals surface area contributed by atoms with Crippen molar-refractivity contribution < 1.29 is 37.6 Å². The van der Waals surface area contributed by atoms with E-state index in [2.05, 4.69) is 13.8 Å². The van der Waals surface area contributed by atoms with Crippen LogP contribution in [0, 0.1) is 0 Å². The maximum atomic E-state index is 12.6. The highest BCUT2D eigenvalue weighted by molar-refractivity contribution is 7.47. The summed E-state index contributed by atoms with van der Waals surface area (Å²) in [5, 5.41) is 0. The number of hydrogen-bond acceptors (Lipinski definition) is 8. The normalized spacial score (nSPS) is 13.1. The molecular formula is C50H100NO8P.